The van der Waals surface area contributed by atoms with Crippen molar-refractivity contribution in [3.63, 3.8) is 0 Å². The Labute approximate surface area is 102 Å². The Morgan fingerprint density at radius 3 is 2.59 bits per heavy atom. The third-order valence-electron chi connectivity index (χ3n) is 2.97. The van der Waals surface area contributed by atoms with Crippen LogP contribution in [0.15, 0.2) is 18.2 Å². The fraction of sp³-hybridized carbons (Fsp3) is 0.500. The first-order valence-corrected chi connectivity index (χ1v) is 6.05. The number of benzene rings is 1. The van der Waals surface area contributed by atoms with Gasteiger partial charge in [-0.15, -0.1) is 0 Å². The van der Waals surface area contributed by atoms with Crippen LogP contribution in [-0.4, -0.2) is 18.7 Å². The van der Waals surface area contributed by atoms with Gasteiger partial charge in [0.25, 0.3) is 0 Å². The molecule has 0 spiro atoms. The van der Waals surface area contributed by atoms with Gasteiger partial charge in [-0.1, -0.05) is 18.2 Å². The number of nitriles is 1. The van der Waals surface area contributed by atoms with Gasteiger partial charge >= 0.3 is 0 Å². The van der Waals surface area contributed by atoms with Crippen LogP contribution in [0.4, 0.5) is 0 Å². The number of hydrogen-bond donors (Lipinski definition) is 1. The van der Waals surface area contributed by atoms with Gasteiger partial charge in [0.05, 0.1) is 6.07 Å². The standard InChI is InChI=1S/C14H18N2O/c1-10-4-3-5-11(2)14(10)17-9-13(8-15)16-12-6-7-12/h3-5,12-13,16H,6-7,9H2,1-2H3. The van der Waals surface area contributed by atoms with Gasteiger partial charge in [0.15, 0.2) is 0 Å². The molecule has 17 heavy (non-hydrogen) atoms. The van der Waals surface area contributed by atoms with E-state index in [-0.39, 0.29) is 6.04 Å². The molecule has 1 saturated carbocycles. The zero-order valence-electron chi connectivity index (χ0n) is 10.4. The second kappa shape index (κ2) is 5.20. The van der Waals surface area contributed by atoms with Crippen LogP contribution in [0.2, 0.25) is 0 Å². The lowest BCUT2D eigenvalue weighted by Crippen LogP contribution is -2.35. The minimum Gasteiger partial charge on any atom is -0.490 e. The third-order valence-corrected chi connectivity index (χ3v) is 2.97. The Morgan fingerprint density at radius 1 is 1.41 bits per heavy atom. The Hall–Kier alpha value is -1.53. The van der Waals surface area contributed by atoms with Crippen LogP contribution >= 0.6 is 0 Å². The van der Waals surface area contributed by atoms with Gasteiger partial charge in [-0.2, -0.15) is 5.26 Å². The lowest BCUT2D eigenvalue weighted by atomic mass is 10.1. The van der Waals surface area contributed by atoms with Gasteiger partial charge in [0, 0.05) is 6.04 Å². The number of para-hydroxylation sites is 1. The highest BCUT2D eigenvalue weighted by Gasteiger charge is 2.24. The normalized spacial score (nSPS) is 16.3. The average molecular weight is 230 g/mol. The van der Waals surface area contributed by atoms with Crippen molar-refractivity contribution >= 4 is 0 Å². The fourth-order valence-electron chi connectivity index (χ4n) is 1.85. The van der Waals surface area contributed by atoms with E-state index in [1.807, 2.05) is 32.0 Å². The summed E-state index contributed by atoms with van der Waals surface area (Å²) in [5.74, 6) is 0.908. The Bertz CT molecular complexity index is 412. The molecule has 1 aliphatic rings. The predicted molar refractivity (Wildman–Crippen MR) is 67.0 cm³/mol. The first-order chi connectivity index (χ1) is 8.20. The van der Waals surface area contributed by atoms with Crippen LogP contribution in [0.3, 0.4) is 0 Å². The maximum absolute atomic E-state index is 9.03. The Morgan fingerprint density at radius 2 is 2.06 bits per heavy atom. The average Bonchev–Trinajstić information content (AvgIpc) is 3.10. The zero-order chi connectivity index (χ0) is 12.3. The summed E-state index contributed by atoms with van der Waals surface area (Å²) in [6, 6.07) is 8.64. The molecule has 90 valence electrons. The molecule has 0 heterocycles. The largest absolute Gasteiger partial charge is 0.490 e. The van der Waals surface area contributed by atoms with Crippen molar-refractivity contribution in [3.8, 4) is 11.8 Å². The molecular formula is C14H18N2O. The van der Waals surface area contributed by atoms with Crippen molar-refractivity contribution in [2.24, 2.45) is 0 Å². The number of nitrogens with zero attached hydrogens (tertiary/aromatic N) is 1. The second-order valence-electron chi connectivity index (χ2n) is 4.65. The minimum absolute atomic E-state index is 0.207. The number of nitrogens with one attached hydrogen (secondary N) is 1. The van der Waals surface area contributed by atoms with Crippen molar-refractivity contribution < 1.29 is 4.74 Å². The molecule has 1 N–H and O–H groups in total. The molecule has 0 aliphatic heterocycles. The summed E-state index contributed by atoms with van der Waals surface area (Å²) in [4.78, 5) is 0. The van der Waals surface area contributed by atoms with E-state index in [4.69, 9.17) is 10.00 Å². The molecule has 0 aromatic heterocycles. The molecule has 1 aliphatic carbocycles. The van der Waals surface area contributed by atoms with E-state index in [1.165, 1.54) is 12.8 Å². The van der Waals surface area contributed by atoms with Crippen LogP contribution in [-0.2, 0) is 0 Å². The lowest BCUT2D eigenvalue weighted by molar-refractivity contribution is 0.285. The summed E-state index contributed by atoms with van der Waals surface area (Å²) < 4.78 is 5.76. The van der Waals surface area contributed by atoms with Gasteiger partial charge in [-0.3, -0.25) is 5.32 Å². The van der Waals surface area contributed by atoms with Gasteiger partial charge in [-0.25, -0.2) is 0 Å². The highest BCUT2D eigenvalue weighted by atomic mass is 16.5. The van der Waals surface area contributed by atoms with Crippen LogP contribution in [0.5, 0.6) is 5.75 Å². The molecule has 1 aromatic carbocycles. The summed E-state index contributed by atoms with van der Waals surface area (Å²) in [7, 11) is 0. The SMILES string of the molecule is Cc1cccc(C)c1OCC(C#N)NC1CC1. The summed E-state index contributed by atoms with van der Waals surface area (Å²) in [5.41, 5.74) is 2.24. The van der Waals surface area contributed by atoms with Crippen LogP contribution in [0.25, 0.3) is 0 Å². The topological polar surface area (TPSA) is 45.0 Å². The first-order valence-electron chi connectivity index (χ1n) is 6.05. The third kappa shape index (κ3) is 3.21. The van der Waals surface area contributed by atoms with Crippen molar-refractivity contribution in [3.05, 3.63) is 29.3 Å². The summed E-state index contributed by atoms with van der Waals surface area (Å²) >= 11 is 0. The van der Waals surface area contributed by atoms with Crippen molar-refractivity contribution in [1.29, 1.82) is 5.26 Å². The summed E-state index contributed by atoms with van der Waals surface area (Å²) in [6.07, 6.45) is 2.36. The molecule has 3 heteroatoms. The smallest absolute Gasteiger partial charge is 0.130 e. The molecule has 0 bridgehead atoms. The van der Waals surface area contributed by atoms with Crippen molar-refractivity contribution in [2.45, 2.75) is 38.8 Å². The van der Waals surface area contributed by atoms with Gasteiger partial charge in [-0.05, 0) is 37.8 Å². The van der Waals surface area contributed by atoms with E-state index in [0.717, 1.165) is 16.9 Å². The summed E-state index contributed by atoms with van der Waals surface area (Å²) in [6.45, 7) is 4.47. The number of rotatable bonds is 5. The van der Waals surface area contributed by atoms with Crippen molar-refractivity contribution in [1.82, 2.24) is 5.32 Å². The number of aryl methyl sites for hydroxylation is 2. The van der Waals surface area contributed by atoms with E-state index in [2.05, 4.69) is 11.4 Å². The summed E-state index contributed by atoms with van der Waals surface area (Å²) in [5, 5.41) is 12.3. The molecule has 0 saturated heterocycles. The van der Waals surface area contributed by atoms with Crippen molar-refractivity contribution in [2.75, 3.05) is 6.61 Å². The van der Waals surface area contributed by atoms with Gasteiger partial charge < -0.3 is 4.74 Å². The molecule has 1 unspecified atom stereocenters. The van der Waals surface area contributed by atoms with E-state index in [9.17, 15) is 0 Å². The predicted octanol–water partition coefficient (Wildman–Crippen LogP) is 2.33. The maximum atomic E-state index is 9.03. The molecule has 1 aromatic rings. The molecule has 0 radical (unpaired) electrons. The van der Waals surface area contributed by atoms with E-state index in [0.29, 0.717) is 12.6 Å². The molecule has 3 nitrogen and oxygen atoms in total. The Balaban J connectivity index is 1.93. The van der Waals surface area contributed by atoms with Crippen LogP contribution in [0, 0.1) is 25.2 Å². The number of hydrogen-bond acceptors (Lipinski definition) is 3. The van der Waals surface area contributed by atoms with Gasteiger partial charge in [0.1, 0.15) is 18.4 Å². The molecule has 2 rings (SSSR count). The molecule has 1 atom stereocenters. The van der Waals surface area contributed by atoms with Gasteiger partial charge in [0.2, 0.25) is 0 Å². The Kier molecular flexibility index (Phi) is 3.65. The van der Waals surface area contributed by atoms with E-state index in [1.54, 1.807) is 0 Å². The van der Waals surface area contributed by atoms with E-state index < -0.39 is 0 Å². The quantitative estimate of drug-likeness (QED) is 0.844. The van der Waals surface area contributed by atoms with E-state index >= 15 is 0 Å². The maximum Gasteiger partial charge on any atom is 0.130 e. The first kappa shape index (κ1) is 11.9. The second-order valence-corrected chi connectivity index (χ2v) is 4.65. The molecular weight excluding hydrogens is 212 g/mol. The molecule has 0 amide bonds. The van der Waals surface area contributed by atoms with Crippen LogP contribution < -0.4 is 10.1 Å². The minimum atomic E-state index is -0.207. The monoisotopic (exact) mass is 230 g/mol. The number of ether oxygens (including phenoxy) is 1. The fourth-order valence-corrected chi connectivity index (χ4v) is 1.85. The highest BCUT2D eigenvalue weighted by molar-refractivity contribution is 5.39. The molecule has 1 fully saturated rings. The lowest BCUT2D eigenvalue weighted by Gasteiger charge is -2.15. The highest BCUT2D eigenvalue weighted by Crippen LogP contribution is 2.23. The zero-order valence-corrected chi connectivity index (χ0v) is 10.4. The van der Waals surface area contributed by atoms with Crippen LogP contribution in [0.1, 0.15) is 24.0 Å².